The smallest absolute Gasteiger partial charge is 0.189 e. The summed E-state index contributed by atoms with van der Waals surface area (Å²) in [6, 6.07) is 15.7. The number of halogens is 2. The quantitative estimate of drug-likeness (QED) is 0.486. The van der Waals surface area contributed by atoms with E-state index in [1.807, 2.05) is 30.3 Å². The number of hydrogen-bond acceptors (Lipinski definition) is 2. The molecule has 3 rings (SSSR count). The van der Waals surface area contributed by atoms with Crippen LogP contribution in [0.25, 0.3) is 16.8 Å². The molecule has 0 bridgehead atoms. The summed E-state index contributed by atoms with van der Waals surface area (Å²) in [4.78, 5) is 12.3. The Bertz CT molecular complexity index is 930. The molecule has 3 aromatic carbocycles. The van der Waals surface area contributed by atoms with Gasteiger partial charge in [-0.3, -0.25) is 4.79 Å². The molecule has 0 aliphatic carbocycles. The second-order valence-electron chi connectivity index (χ2n) is 5.04. The normalized spacial score (nSPS) is 11.2. The molecule has 0 atom stereocenters. The zero-order valence-corrected chi connectivity index (χ0v) is 13.5. The fourth-order valence-corrected chi connectivity index (χ4v) is 2.79. The number of carbonyl (C=O) groups excluding carboxylic acids is 1. The molecule has 0 heterocycles. The van der Waals surface area contributed by atoms with Crippen LogP contribution in [0, 0.1) is 0 Å². The molecule has 0 saturated carbocycles. The number of allylic oxidation sites excluding steroid dienone is 1. The van der Waals surface area contributed by atoms with E-state index in [4.69, 9.17) is 23.2 Å². The summed E-state index contributed by atoms with van der Waals surface area (Å²) in [5.41, 5.74) is 1.05. The minimum Gasteiger partial charge on any atom is -0.507 e. The highest BCUT2D eigenvalue weighted by Gasteiger charge is 2.09. The van der Waals surface area contributed by atoms with E-state index in [1.54, 1.807) is 12.1 Å². The van der Waals surface area contributed by atoms with Crippen LogP contribution in [-0.2, 0) is 0 Å². The molecule has 0 saturated heterocycles. The predicted molar refractivity (Wildman–Crippen MR) is 95.4 cm³/mol. The molecule has 0 fully saturated rings. The van der Waals surface area contributed by atoms with Crippen LogP contribution in [-0.4, -0.2) is 10.9 Å². The van der Waals surface area contributed by atoms with Crippen molar-refractivity contribution in [2.75, 3.05) is 0 Å². The fourth-order valence-electron chi connectivity index (χ4n) is 2.39. The number of benzene rings is 3. The molecular formula is C19H12Cl2O2. The summed E-state index contributed by atoms with van der Waals surface area (Å²) in [6.07, 6.45) is 3.13. The maximum Gasteiger partial charge on any atom is 0.189 e. The number of rotatable bonds is 3. The van der Waals surface area contributed by atoms with Gasteiger partial charge < -0.3 is 5.11 Å². The van der Waals surface area contributed by atoms with Crippen LogP contribution < -0.4 is 0 Å². The second kappa shape index (κ2) is 6.45. The first-order chi connectivity index (χ1) is 11.1. The first kappa shape index (κ1) is 15.6. The molecule has 3 aromatic rings. The van der Waals surface area contributed by atoms with E-state index >= 15 is 0 Å². The van der Waals surface area contributed by atoms with Crippen LogP contribution in [0.3, 0.4) is 0 Å². The third-order valence-corrected chi connectivity index (χ3v) is 4.11. The average Bonchev–Trinajstić information content (AvgIpc) is 2.56. The SMILES string of the molecule is O=C(/C=C/c1ccc(Cl)c2ccccc12)c1cc(Cl)ccc1O. The molecule has 0 aliphatic rings. The van der Waals surface area contributed by atoms with Crippen molar-refractivity contribution >= 4 is 45.8 Å². The van der Waals surface area contributed by atoms with E-state index in [1.165, 1.54) is 24.3 Å². The monoisotopic (exact) mass is 342 g/mol. The lowest BCUT2D eigenvalue weighted by molar-refractivity contribution is 0.104. The number of carbonyl (C=O) groups is 1. The molecule has 4 heteroatoms. The molecule has 0 aromatic heterocycles. The van der Waals surface area contributed by atoms with Crippen LogP contribution in [0.1, 0.15) is 15.9 Å². The summed E-state index contributed by atoms with van der Waals surface area (Å²) in [7, 11) is 0. The van der Waals surface area contributed by atoms with Gasteiger partial charge in [0.25, 0.3) is 0 Å². The van der Waals surface area contributed by atoms with Gasteiger partial charge in [-0.2, -0.15) is 0 Å². The van der Waals surface area contributed by atoms with Gasteiger partial charge in [-0.15, -0.1) is 0 Å². The zero-order valence-electron chi connectivity index (χ0n) is 12.0. The molecular weight excluding hydrogens is 331 g/mol. The van der Waals surface area contributed by atoms with Crippen LogP contribution in [0.15, 0.2) is 60.7 Å². The van der Waals surface area contributed by atoms with Crippen molar-refractivity contribution in [3.05, 3.63) is 81.8 Å². The van der Waals surface area contributed by atoms with E-state index < -0.39 is 0 Å². The van der Waals surface area contributed by atoms with Crippen LogP contribution in [0.4, 0.5) is 0 Å². The fraction of sp³-hybridized carbons (Fsp3) is 0. The van der Waals surface area contributed by atoms with E-state index in [-0.39, 0.29) is 17.1 Å². The molecule has 0 spiro atoms. The van der Waals surface area contributed by atoms with Crippen molar-refractivity contribution < 1.29 is 9.90 Å². The van der Waals surface area contributed by atoms with Gasteiger partial charge >= 0.3 is 0 Å². The van der Waals surface area contributed by atoms with E-state index in [2.05, 4.69) is 0 Å². The topological polar surface area (TPSA) is 37.3 Å². The van der Waals surface area contributed by atoms with Gasteiger partial charge in [0.15, 0.2) is 5.78 Å². The zero-order chi connectivity index (χ0) is 16.4. The molecule has 1 N–H and O–H groups in total. The Hall–Kier alpha value is -2.29. The third kappa shape index (κ3) is 3.24. The van der Waals surface area contributed by atoms with Crippen molar-refractivity contribution in [2.24, 2.45) is 0 Å². The van der Waals surface area contributed by atoms with Gasteiger partial charge in [-0.05, 0) is 41.3 Å². The Morgan fingerprint density at radius 3 is 2.48 bits per heavy atom. The predicted octanol–water partition coefficient (Wildman–Crippen LogP) is 5.75. The molecule has 2 nitrogen and oxygen atoms in total. The van der Waals surface area contributed by atoms with Crippen molar-refractivity contribution in [3.8, 4) is 5.75 Å². The van der Waals surface area contributed by atoms with Gasteiger partial charge in [-0.25, -0.2) is 0 Å². The van der Waals surface area contributed by atoms with Crippen LogP contribution >= 0.6 is 23.2 Å². The minimum absolute atomic E-state index is 0.0926. The van der Waals surface area contributed by atoms with Crippen LogP contribution in [0.2, 0.25) is 10.0 Å². The number of ketones is 1. The molecule has 0 radical (unpaired) electrons. The maximum absolute atomic E-state index is 12.3. The largest absolute Gasteiger partial charge is 0.507 e. The van der Waals surface area contributed by atoms with Crippen molar-refractivity contribution in [2.45, 2.75) is 0 Å². The highest BCUT2D eigenvalue weighted by atomic mass is 35.5. The molecule has 114 valence electrons. The summed E-state index contributed by atoms with van der Waals surface area (Å²) in [5.74, 6) is -0.408. The summed E-state index contributed by atoms with van der Waals surface area (Å²) in [6.45, 7) is 0. The number of phenolic OH excluding ortho intramolecular Hbond substituents is 1. The maximum atomic E-state index is 12.3. The van der Waals surface area contributed by atoms with Gasteiger partial charge in [0.2, 0.25) is 0 Å². The lowest BCUT2D eigenvalue weighted by Gasteiger charge is -2.04. The van der Waals surface area contributed by atoms with E-state index in [9.17, 15) is 9.90 Å². The summed E-state index contributed by atoms with van der Waals surface area (Å²) in [5, 5.41) is 12.7. The van der Waals surface area contributed by atoms with E-state index in [0.29, 0.717) is 10.0 Å². The Morgan fingerprint density at radius 2 is 1.70 bits per heavy atom. The standard InChI is InChI=1S/C19H12Cl2O2/c20-13-7-10-19(23)16(11-13)18(22)9-6-12-5-8-17(21)15-4-2-1-3-14(12)15/h1-11,23H/b9-6+. The molecule has 0 unspecified atom stereocenters. The number of phenols is 1. The average molecular weight is 343 g/mol. The Labute approximate surface area is 143 Å². The van der Waals surface area contributed by atoms with Gasteiger partial charge in [0, 0.05) is 15.4 Å². The number of aromatic hydroxyl groups is 1. The van der Waals surface area contributed by atoms with Crippen molar-refractivity contribution in [3.63, 3.8) is 0 Å². The van der Waals surface area contributed by atoms with Crippen LogP contribution in [0.5, 0.6) is 5.75 Å². The number of fused-ring (bicyclic) bond motifs is 1. The van der Waals surface area contributed by atoms with Gasteiger partial charge in [0.1, 0.15) is 5.75 Å². The molecule has 23 heavy (non-hydrogen) atoms. The molecule has 0 amide bonds. The first-order valence-corrected chi connectivity index (χ1v) is 7.70. The number of hydrogen-bond donors (Lipinski definition) is 1. The third-order valence-electron chi connectivity index (χ3n) is 3.54. The minimum atomic E-state index is -0.316. The first-order valence-electron chi connectivity index (χ1n) is 6.94. The highest BCUT2D eigenvalue weighted by Crippen LogP contribution is 2.28. The van der Waals surface area contributed by atoms with E-state index in [0.717, 1.165) is 16.3 Å². The Balaban J connectivity index is 1.99. The van der Waals surface area contributed by atoms with Gasteiger partial charge in [-0.1, -0.05) is 59.6 Å². The molecule has 0 aliphatic heterocycles. The lowest BCUT2D eigenvalue weighted by Crippen LogP contribution is -1.94. The lowest BCUT2D eigenvalue weighted by atomic mass is 10.0. The summed E-state index contributed by atoms with van der Waals surface area (Å²) >= 11 is 12.1. The van der Waals surface area contributed by atoms with Gasteiger partial charge in [0.05, 0.1) is 5.56 Å². The van der Waals surface area contributed by atoms with Crippen molar-refractivity contribution in [1.29, 1.82) is 0 Å². The van der Waals surface area contributed by atoms with Crippen molar-refractivity contribution in [1.82, 2.24) is 0 Å². The highest BCUT2D eigenvalue weighted by molar-refractivity contribution is 6.35. The second-order valence-corrected chi connectivity index (χ2v) is 5.88. The Morgan fingerprint density at radius 1 is 0.957 bits per heavy atom. The summed E-state index contributed by atoms with van der Waals surface area (Å²) < 4.78 is 0. The Kier molecular flexibility index (Phi) is 4.37.